The first-order valence-electron chi connectivity index (χ1n) is 6.39. The van der Waals surface area contributed by atoms with Crippen LogP contribution in [0.1, 0.15) is 23.0 Å². The van der Waals surface area contributed by atoms with Crippen LogP contribution in [0.5, 0.6) is 0 Å². The molecule has 114 valence electrons. The Labute approximate surface area is 132 Å². The summed E-state index contributed by atoms with van der Waals surface area (Å²) in [7, 11) is 0. The van der Waals surface area contributed by atoms with Gasteiger partial charge in [-0.25, -0.2) is 4.79 Å². The van der Waals surface area contributed by atoms with Crippen LogP contribution >= 0.6 is 12.2 Å². The molecule has 1 heterocycles. The van der Waals surface area contributed by atoms with E-state index in [2.05, 4.69) is 10.6 Å². The maximum Gasteiger partial charge on any atom is 0.371 e. The average Bonchev–Trinajstić information content (AvgIpc) is 2.90. The van der Waals surface area contributed by atoms with Gasteiger partial charge < -0.3 is 20.2 Å². The largest absolute Gasteiger partial charge is 0.475 e. The van der Waals surface area contributed by atoms with Gasteiger partial charge in [-0.3, -0.25) is 4.79 Å². The highest BCUT2D eigenvalue weighted by Gasteiger charge is 2.12. The molecule has 0 bridgehead atoms. The molecule has 0 spiro atoms. The number of hydrogen-bond acceptors (Lipinski definition) is 4. The predicted octanol–water partition coefficient (Wildman–Crippen LogP) is 2.79. The van der Waals surface area contributed by atoms with E-state index >= 15 is 0 Å². The molecular formula is C15H14N2O4S. The number of rotatable bonds is 3. The molecule has 3 N–H and O–H groups in total. The molecule has 0 aliphatic carbocycles. The van der Waals surface area contributed by atoms with Gasteiger partial charge in [0.15, 0.2) is 5.11 Å². The van der Waals surface area contributed by atoms with E-state index < -0.39 is 5.97 Å². The topological polar surface area (TPSA) is 91.6 Å². The van der Waals surface area contributed by atoms with Crippen molar-refractivity contribution >= 4 is 34.9 Å². The zero-order chi connectivity index (χ0) is 16.3. The third-order valence-electron chi connectivity index (χ3n) is 2.88. The summed E-state index contributed by atoms with van der Waals surface area (Å²) in [5.74, 6) is -1.07. The highest BCUT2D eigenvalue weighted by atomic mass is 32.1. The van der Waals surface area contributed by atoms with Crippen molar-refractivity contribution in [3.63, 3.8) is 0 Å². The SMILES string of the molecule is CC(=O)NC(=S)Nc1cc(-c2ccc(C(=O)O)o2)ccc1C. The van der Waals surface area contributed by atoms with Crippen LogP contribution < -0.4 is 10.6 Å². The number of nitrogens with one attached hydrogen (secondary N) is 2. The molecule has 0 saturated carbocycles. The van der Waals surface area contributed by atoms with Crippen molar-refractivity contribution in [1.29, 1.82) is 0 Å². The van der Waals surface area contributed by atoms with Crippen molar-refractivity contribution in [1.82, 2.24) is 5.32 Å². The van der Waals surface area contributed by atoms with Gasteiger partial charge in [0.05, 0.1) is 0 Å². The minimum absolute atomic E-state index is 0.126. The van der Waals surface area contributed by atoms with Gasteiger partial charge in [-0.15, -0.1) is 0 Å². The lowest BCUT2D eigenvalue weighted by atomic mass is 10.1. The number of thiocarbonyl (C=S) groups is 1. The number of carboxylic acid groups (broad SMARTS) is 1. The number of aryl methyl sites for hydroxylation is 1. The summed E-state index contributed by atoms with van der Waals surface area (Å²) in [5.41, 5.74) is 2.32. The minimum Gasteiger partial charge on any atom is -0.475 e. The Balaban J connectivity index is 2.27. The van der Waals surface area contributed by atoms with E-state index in [0.717, 1.165) is 5.56 Å². The molecule has 7 heteroatoms. The third kappa shape index (κ3) is 3.70. The van der Waals surface area contributed by atoms with Crippen LogP contribution in [0, 0.1) is 6.92 Å². The lowest BCUT2D eigenvalue weighted by molar-refractivity contribution is -0.117. The second-order valence-corrected chi connectivity index (χ2v) is 5.04. The van der Waals surface area contributed by atoms with Crippen LogP contribution in [-0.4, -0.2) is 22.1 Å². The van der Waals surface area contributed by atoms with Crippen molar-refractivity contribution in [3.8, 4) is 11.3 Å². The summed E-state index contributed by atoms with van der Waals surface area (Å²) in [6.07, 6.45) is 0. The smallest absolute Gasteiger partial charge is 0.371 e. The van der Waals surface area contributed by atoms with Crippen molar-refractivity contribution in [2.24, 2.45) is 0 Å². The number of carbonyl (C=O) groups is 2. The fourth-order valence-corrected chi connectivity index (χ4v) is 2.09. The van der Waals surface area contributed by atoms with Gasteiger partial charge in [-0.05, 0) is 42.9 Å². The Kier molecular flexibility index (Phi) is 4.57. The molecule has 6 nitrogen and oxygen atoms in total. The Hall–Kier alpha value is -2.67. The molecule has 0 atom stereocenters. The van der Waals surface area contributed by atoms with Gasteiger partial charge in [0.1, 0.15) is 5.76 Å². The van der Waals surface area contributed by atoms with Crippen molar-refractivity contribution in [3.05, 3.63) is 41.7 Å². The minimum atomic E-state index is -1.12. The van der Waals surface area contributed by atoms with Crippen LogP contribution in [-0.2, 0) is 4.79 Å². The Bertz CT molecular complexity index is 752. The Morgan fingerprint density at radius 3 is 2.55 bits per heavy atom. The zero-order valence-electron chi connectivity index (χ0n) is 12.0. The number of benzene rings is 1. The van der Waals surface area contributed by atoms with E-state index in [4.69, 9.17) is 21.7 Å². The van der Waals surface area contributed by atoms with Crippen LogP contribution in [0.4, 0.5) is 5.69 Å². The van der Waals surface area contributed by atoms with Crippen LogP contribution in [0.3, 0.4) is 0 Å². The lowest BCUT2D eigenvalue weighted by Gasteiger charge is -2.11. The van der Waals surface area contributed by atoms with Gasteiger partial charge in [0.25, 0.3) is 0 Å². The fraction of sp³-hybridized carbons (Fsp3) is 0.133. The highest BCUT2D eigenvalue weighted by molar-refractivity contribution is 7.80. The third-order valence-corrected chi connectivity index (χ3v) is 3.08. The normalized spacial score (nSPS) is 10.1. The summed E-state index contributed by atoms with van der Waals surface area (Å²) >= 11 is 5.03. The number of amides is 1. The molecule has 0 saturated heterocycles. The molecule has 1 aromatic carbocycles. The van der Waals surface area contributed by atoms with Crippen LogP contribution in [0.15, 0.2) is 34.7 Å². The summed E-state index contributed by atoms with van der Waals surface area (Å²) in [6.45, 7) is 3.25. The number of aromatic carboxylic acids is 1. The monoisotopic (exact) mass is 318 g/mol. The molecule has 1 aromatic heterocycles. The standard InChI is InChI=1S/C15H14N2O4S/c1-8-3-4-10(12-5-6-13(21-12)14(19)20)7-11(8)17-15(22)16-9(2)18/h3-7H,1-2H3,(H,19,20)(H2,16,17,18,22). The molecule has 2 aromatic rings. The van der Waals surface area contributed by atoms with E-state index in [1.807, 2.05) is 19.1 Å². The Morgan fingerprint density at radius 1 is 1.23 bits per heavy atom. The van der Waals surface area contributed by atoms with E-state index in [1.54, 1.807) is 12.1 Å². The maximum absolute atomic E-state index is 11.0. The first-order chi connectivity index (χ1) is 10.4. The molecule has 0 fully saturated rings. The fourth-order valence-electron chi connectivity index (χ4n) is 1.83. The van der Waals surface area contributed by atoms with Gasteiger partial charge in [0.2, 0.25) is 11.7 Å². The van der Waals surface area contributed by atoms with E-state index in [1.165, 1.54) is 13.0 Å². The van der Waals surface area contributed by atoms with Crippen molar-refractivity contribution in [2.45, 2.75) is 13.8 Å². The summed E-state index contributed by atoms with van der Waals surface area (Å²) < 4.78 is 5.27. The first-order valence-corrected chi connectivity index (χ1v) is 6.80. The van der Waals surface area contributed by atoms with Crippen LogP contribution in [0.2, 0.25) is 0 Å². The zero-order valence-corrected chi connectivity index (χ0v) is 12.8. The predicted molar refractivity (Wildman–Crippen MR) is 85.9 cm³/mol. The quantitative estimate of drug-likeness (QED) is 0.754. The molecule has 0 radical (unpaired) electrons. The molecule has 1 amide bonds. The second kappa shape index (κ2) is 6.40. The summed E-state index contributed by atoms with van der Waals surface area (Å²) in [5, 5.41) is 14.5. The second-order valence-electron chi connectivity index (χ2n) is 4.63. The highest BCUT2D eigenvalue weighted by Crippen LogP contribution is 2.27. The first kappa shape index (κ1) is 15.7. The molecular weight excluding hydrogens is 304 g/mol. The summed E-state index contributed by atoms with van der Waals surface area (Å²) in [4.78, 5) is 21.8. The molecule has 22 heavy (non-hydrogen) atoms. The van der Waals surface area contributed by atoms with Gasteiger partial charge in [0, 0.05) is 18.2 Å². The van der Waals surface area contributed by atoms with Crippen LogP contribution in [0.25, 0.3) is 11.3 Å². The number of furan rings is 1. The molecule has 0 unspecified atom stereocenters. The van der Waals surface area contributed by atoms with Crippen molar-refractivity contribution in [2.75, 3.05) is 5.32 Å². The molecule has 0 aliphatic rings. The summed E-state index contributed by atoms with van der Waals surface area (Å²) in [6, 6.07) is 8.41. The number of carboxylic acids is 1. The van der Waals surface area contributed by atoms with Gasteiger partial charge >= 0.3 is 5.97 Å². The molecule has 2 rings (SSSR count). The van der Waals surface area contributed by atoms with E-state index in [0.29, 0.717) is 17.0 Å². The lowest BCUT2D eigenvalue weighted by Crippen LogP contribution is -2.32. The van der Waals surface area contributed by atoms with Gasteiger partial charge in [-0.2, -0.15) is 0 Å². The van der Waals surface area contributed by atoms with E-state index in [-0.39, 0.29) is 16.8 Å². The van der Waals surface area contributed by atoms with Crippen molar-refractivity contribution < 1.29 is 19.1 Å². The van der Waals surface area contributed by atoms with E-state index in [9.17, 15) is 9.59 Å². The number of hydrogen-bond donors (Lipinski definition) is 3. The van der Waals surface area contributed by atoms with Gasteiger partial charge in [-0.1, -0.05) is 12.1 Å². The average molecular weight is 318 g/mol. The maximum atomic E-state index is 11.0. The number of anilines is 1. The Morgan fingerprint density at radius 2 is 1.95 bits per heavy atom. The number of carbonyl (C=O) groups excluding carboxylic acids is 1. The molecule has 0 aliphatic heterocycles.